The van der Waals surface area contributed by atoms with E-state index >= 15 is 0 Å². The fourth-order valence-electron chi connectivity index (χ4n) is 3.89. The maximum absolute atomic E-state index is 12.1. The average molecular weight is 433 g/mol. The van der Waals surface area contributed by atoms with Gasteiger partial charge in [0.15, 0.2) is 0 Å². The second-order valence-corrected chi connectivity index (χ2v) is 8.42. The molecule has 0 radical (unpaired) electrons. The minimum atomic E-state index is -0.427. The number of esters is 1. The number of carbonyl (C=O) groups is 1. The number of hydrogen-bond donors (Lipinski definition) is 1. The van der Waals surface area contributed by atoms with Crippen LogP contribution in [0.2, 0.25) is 0 Å². The molecule has 0 amide bonds. The maximum atomic E-state index is 12.1. The normalized spacial score (nSPS) is 11.0. The number of para-hydroxylation sites is 1. The highest BCUT2D eigenvalue weighted by molar-refractivity contribution is 5.92. The molecule has 1 heterocycles. The summed E-state index contributed by atoms with van der Waals surface area (Å²) < 4.78 is 11.0. The van der Waals surface area contributed by atoms with Crippen molar-refractivity contribution in [3.63, 3.8) is 0 Å². The van der Waals surface area contributed by atoms with Crippen molar-refractivity contribution in [1.29, 1.82) is 0 Å². The summed E-state index contributed by atoms with van der Waals surface area (Å²) in [5.41, 5.74) is 14.0. The van der Waals surface area contributed by atoms with Crippen molar-refractivity contribution in [2.75, 3.05) is 7.11 Å². The number of nitrogens with two attached hydrogens (primary N) is 1. The first-order valence-electron chi connectivity index (χ1n) is 10.9. The third kappa shape index (κ3) is 5.17. The highest BCUT2D eigenvalue weighted by atomic mass is 16.5. The summed E-state index contributed by atoms with van der Waals surface area (Å²) in [5, 5.41) is 0. The lowest BCUT2D eigenvalue weighted by molar-refractivity contribution is 0.0595. The van der Waals surface area contributed by atoms with E-state index in [1.54, 1.807) is 18.2 Å². The molecular weight excluding hydrogens is 400 g/mol. The van der Waals surface area contributed by atoms with Crippen molar-refractivity contribution < 1.29 is 14.3 Å². The van der Waals surface area contributed by atoms with Gasteiger partial charge in [0.1, 0.15) is 17.9 Å². The first kappa shape index (κ1) is 23.5. The molecule has 3 rings (SSSR count). The summed E-state index contributed by atoms with van der Waals surface area (Å²) in [5.74, 6) is 0.519. The van der Waals surface area contributed by atoms with Crippen LogP contribution in [0.1, 0.15) is 52.3 Å². The lowest BCUT2D eigenvalue weighted by Gasteiger charge is -2.21. The predicted octanol–water partition coefficient (Wildman–Crippen LogP) is 5.39. The Morgan fingerprint density at radius 3 is 2.34 bits per heavy atom. The van der Waals surface area contributed by atoms with Gasteiger partial charge in [-0.2, -0.15) is 0 Å². The molecule has 5 heteroatoms. The summed E-state index contributed by atoms with van der Waals surface area (Å²) in [4.78, 5) is 17.1. The minimum absolute atomic E-state index is 0.269. The molecule has 32 heavy (non-hydrogen) atoms. The van der Waals surface area contributed by atoms with E-state index in [0.717, 1.165) is 40.1 Å². The zero-order chi connectivity index (χ0) is 23.3. The molecule has 168 valence electrons. The molecule has 2 aromatic carbocycles. The summed E-state index contributed by atoms with van der Waals surface area (Å²) >= 11 is 0. The van der Waals surface area contributed by atoms with Gasteiger partial charge in [-0.25, -0.2) is 4.79 Å². The molecule has 0 aliphatic rings. The van der Waals surface area contributed by atoms with Crippen LogP contribution in [0.5, 0.6) is 5.75 Å². The molecule has 2 N–H and O–H groups in total. The molecule has 0 bridgehead atoms. The molecule has 5 nitrogen and oxygen atoms in total. The lowest BCUT2D eigenvalue weighted by Crippen LogP contribution is -2.14. The maximum Gasteiger partial charge on any atom is 0.341 e. The fourth-order valence-corrected chi connectivity index (χ4v) is 3.89. The van der Waals surface area contributed by atoms with Crippen LogP contribution in [-0.2, 0) is 24.3 Å². The standard InChI is InChI=1S/C27H32N2O3/c1-17(2)14-24-22(15-28)26(20-12-10-18(3)11-13-20)23(19(4)29-24)16-32-25-9-7-6-8-21(25)27(30)31-5/h6-13,17H,14-16,28H2,1-5H3. The predicted molar refractivity (Wildman–Crippen MR) is 128 cm³/mol. The second-order valence-electron chi connectivity index (χ2n) is 8.42. The second kappa shape index (κ2) is 10.4. The number of carbonyl (C=O) groups excluding carboxylic acids is 1. The monoisotopic (exact) mass is 432 g/mol. The van der Waals surface area contributed by atoms with Crippen LogP contribution in [-0.4, -0.2) is 18.1 Å². The number of rotatable bonds is 8. The average Bonchev–Trinajstić information content (AvgIpc) is 2.78. The summed E-state index contributed by atoms with van der Waals surface area (Å²) in [7, 11) is 1.36. The van der Waals surface area contributed by atoms with E-state index in [4.69, 9.17) is 20.2 Å². The van der Waals surface area contributed by atoms with E-state index in [9.17, 15) is 4.79 Å². The SMILES string of the molecule is COC(=O)c1ccccc1OCc1c(C)nc(CC(C)C)c(CN)c1-c1ccc(C)cc1. The molecule has 0 atom stereocenters. The van der Waals surface area contributed by atoms with Gasteiger partial charge in [-0.1, -0.05) is 55.8 Å². The zero-order valence-corrected chi connectivity index (χ0v) is 19.6. The van der Waals surface area contributed by atoms with Gasteiger partial charge in [-0.05, 0) is 55.0 Å². The van der Waals surface area contributed by atoms with Crippen LogP contribution in [0.15, 0.2) is 48.5 Å². The van der Waals surface area contributed by atoms with Crippen LogP contribution < -0.4 is 10.5 Å². The number of benzene rings is 2. The van der Waals surface area contributed by atoms with Crippen LogP contribution >= 0.6 is 0 Å². The highest BCUT2D eigenvalue weighted by Crippen LogP contribution is 2.33. The Bertz CT molecular complexity index is 1090. The Labute approximate surface area is 190 Å². The van der Waals surface area contributed by atoms with Gasteiger partial charge < -0.3 is 15.2 Å². The number of aryl methyl sites for hydroxylation is 2. The van der Waals surface area contributed by atoms with Gasteiger partial charge in [0, 0.05) is 23.5 Å². The van der Waals surface area contributed by atoms with Crippen LogP contribution in [0.4, 0.5) is 0 Å². The van der Waals surface area contributed by atoms with Crippen LogP contribution in [0, 0.1) is 19.8 Å². The van der Waals surface area contributed by atoms with Crippen molar-refractivity contribution in [3.8, 4) is 16.9 Å². The van der Waals surface area contributed by atoms with E-state index < -0.39 is 5.97 Å². The van der Waals surface area contributed by atoms with Crippen molar-refractivity contribution >= 4 is 5.97 Å². The van der Waals surface area contributed by atoms with E-state index in [1.165, 1.54) is 12.7 Å². The smallest absolute Gasteiger partial charge is 0.341 e. The first-order valence-corrected chi connectivity index (χ1v) is 10.9. The first-order chi connectivity index (χ1) is 15.3. The lowest BCUT2D eigenvalue weighted by atomic mass is 9.90. The van der Waals surface area contributed by atoms with Crippen molar-refractivity contribution in [2.24, 2.45) is 11.7 Å². The van der Waals surface area contributed by atoms with E-state index in [0.29, 0.717) is 23.8 Å². The molecule has 0 fully saturated rings. The molecule has 0 unspecified atom stereocenters. The molecule has 0 saturated heterocycles. The van der Waals surface area contributed by atoms with Crippen molar-refractivity contribution in [3.05, 3.63) is 82.2 Å². The number of methoxy groups -OCH3 is 1. The summed E-state index contributed by atoms with van der Waals surface area (Å²) in [6.45, 7) is 9.11. The molecule has 0 saturated carbocycles. The number of aromatic nitrogens is 1. The molecule has 0 spiro atoms. The highest BCUT2D eigenvalue weighted by Gasteiger charge is 2.20. The van der Waals surface area contributed by atoms with Crippen LogP contribution in [0.25, 0.3) is 11.1 Å². The number of hydrogen-bond acceptors (Lipinski definition) is 5. The molecule has 3 aromatic rings. The van der Waals surface area contributed by atoms with Gasteiger partial charge in [0.05, 0.1) is 7.11 Å². The molecule has 0 aliphatic carbocycles. The topological polar surface area (TPSA) is 74.4 Å². The summed E-state index contributed by atoms with van der Waals surface area (Å²) in [6.07, 6.45) is 0.860. The van der Waals surface area contributed by atoms with Crippen molar-refractivity contribution in [1.82, 2.24) is 4.98 Å². The van der Waals surface area contributed by atoms with E-state index in [2.05, 4.69) is 45.0 Å². The van der Waals surface area contributed by atoms with E-state index in [-0.39, 0.29) is 6.61 Å². The number of pyridine rings is 1. The van der Waals surface area contributed by atoms with E-state index in [1.807, 2.05) is 13.0 Å². The van der Waals surface area contributed by atoms with Gasteiger partial charge in [0.2, 0.25) is 0 Å². The Morgan fingerprint density at radius 2 is 1.72 bits per heavy atom. The molecule has 1 aromatic heterocycles. The largest absolute Gasteiger partial charge is 0.488 e. The Kier molecular flexibility index (Phi) is 7.65. The van der Waals surface area contributed by atoms with Gasteiger partial charge in [-0.3, -0.25) is 4.98 Å². The number of nitrogens with zero attached hydrogens (tertiary/aromatic N) is 1. The quantitative estimate of drug-likeness (QED) is 0.483. The third-order valence-electron chi connectivity index (χ3n) is 5.50. The Morgan fingerprint density at radius 1 is 1.03 bits per heavy atom. The zero-order valence-electron chi connectivity index (χ0n) is 19.6. The number of ether oxygens (including phenoxy) is 2. The molecule has 0 aliphatic heterocycles. The van der Waals surface area contributed by atoms with Crippen molar-refractivity contribution in [2.45, 2.75) is 47.3 Å². The third-order valence-corrected chi connectivity index (χ3v) is 5.50. The Hall–Kier alpha value is -3.18. The van der Waals surface area contributed by atoms with Gasteiger partial charge >= 0.3 is 5.97 Å². The molecular formula is C27H32N2O3. The summed E-state index contributed by atoms with van der Waals surface area (Å²) in [6, 6.07) is 15.5. The minimum Gasteiger partial charge on any atom is -0.488 e. The fraction of sp³-hybridized carbons (Fsp3) is 0.333. The van der Waals surface area contributed by atoms with Gasteiger partial charge in [0.25, 0.3) is 0 Å². The van der Waals surface area contributed by atoms with Gasteiger partial charge in [-0.15, -0.1) is 0 Å². The Balaban J connectivity index is 2.11. The van der Waals surface area contributed by atoms with Crippen LogP contribution in [0.3, 0.4) is 0 Å².